The molecule has 114 valence electrons. The van der Waals surface area contributed by atoms with Gasteiger partial charge >= 0.3 is 0 Å². The van der Waals surface area contributed by atoms with E-state index in [2.05, 4.69) is 10.6 Å². The molecule has 21 heavy (non-hydrogen) atoms. The fourth-order valence-electron chi connectivity index (χ4n) is 1.61. The smallest absolute Gasteiger partial charge is 0.219 e. The number of nitrogens with zero attached hydrogens (tertiary/aromatic N) is 1. The van der Waals surface area contributed by atoms with E-state index in [9.17, 15) is 9.90 Å². The standard InChI is InChI=1S/C15H21N3O3/c1-2-15(20)18-8-7-17-10-13(19)11-21-14-6-4-3-5-12(14)9-16/h3-6,13,17,19H,2,7-8,10-11H2,1H3,(H,18,20)/t13-/m1/s1. The van der Waals surface area contributed by atoms with Crippen molar-refractivity contribution in [1.29, 1.82) is 5.26 Å². The fourth-order valence-corrected chi connectivity index (χ4v) is 1.61. The summed E-state index contributed by atoms with van der Waals surface area (Å²) in [6.45, 7) is 3.36. The Morgan fingerprint density at radius 3 is 2.90 bits per heavy atom. The van der Waals surface area contributed by atoms with E-state index >= 15 is 0 Å². The first kappa shape index (κ1) is 17.0. The number of nitriles is 1. The molecule has 1 aromatic carbocycles. The molecule has 1 atom stereocenters. The first-order valence-electron chi connectivity index (χ1n) is 6.94. The number of ether oxygens (including phenoxy) is 1. The van der Waals surface area contributed by atoms with Crippen molar-refractivity contribution in [1.82, 2.24) is 10.6 Å². The van der Waals surface area contributed by atoms with Crippen LogP contribution in [0.3, 0.4) is 0 Å². The molecule has 6 nitrogen and oxygen atoms in total. The maximum Gasteiger partial charge on any atom is 0.219 e. The van der Waals surface area contributed by atoms with Crippen molar-refractivity contribution in [3.05, 3.63) is 29.8 Å². The van der Waals surface area contributed by atoms with Crippen molar-refractivity contribution in [2.75, 3.05) is 26.2 Å². The average molecular weight is 291 g/mol. The van der Waals surface area contributed by atoms with Crippen LogP contribution in [-0.2, 0) is 4.79 Å². The first-order valence-corrected chi connectivity index (χ1v) is 6.94. The average Bonchev–Trinajstić information content (AvgIpc) is 2.52. The third kappa shape index (κ3) is 6.75. The molecule has 0 aliphatic carbocycles. The molecule has 0 unspecified atom stereocenters. The zero-order valence-electron chi connectivity index (χ0n) is 12.1. The van der Waals surface area contributed by atoms with Gasteiger partial charge in [-0.3, -0.25) is 4.79 Å². The number of aliphatic hydroxyl groups is 1. The highest BCUT2D eigenvalue weighted by molar-refractivity contribution is 5.75. The molecule has 0 bridgehead atoms. The summed E-state index contributed by atoms with van der Waals surface area (Å²) in [4.78, 5) is 11.0. The van der Waals surface area contributed by atoms with Crippen LogP contribution >= 0.6 is 0 Å². The van der Waals surface area contributed by atoms with Crippen molar-refractivity contribution in [3.8, 4) is 11.8 Å². The second kappa shape index (κ2) is 9.75. The Labute approximate surface area is 124 Å². The second-order valence-corrected chi connectivity index (χ2v) is 4.48. The molecule has 0 radical (unpaired) electrons. The predicted octanol–water partition coefficient (Wildman–Crippen LogP) is 0.414. The van der Waals surface area contributed by atoms with Crippen LogP contribution in [0.25, 0.3) is 0 Å². The van der Waals surface area contributed by atoms with E-state index in [1.807, 2.05) is 6.07 Å². The van der Waals surface area contributed by atoms with E-state index in [0.717, 1.165) is 0 Å². The summed E-state index contributed by atoms with van der Waals surface area (Å²) < 4.78 is 5.42. The number of rotatable bonds is 9. The van der Waals surface area contributed by atoms with Crippen molar-refractivity contribution in [2.24, 2.45) is 0 Å². The van der Waals surface area contributed by atoms with Crippen LogP contribution in [0, 0.1) is 11.3 Å². The molecule has 0 fully saturated rings. The molecular formula is C15H21N3O3. The lowest BCUT2D eigenvalue weighted by Crippen LogP contribution is -2.36. The van der Waals surface area contributed by atoms with E-state index in [1.165, 1.54) is 0 Å². The van der Waals surface area contributed by atoms with Gasteiger partial charge in [-0.2, -0.15) is 5.26 Å². The lowest BCUT2D eigenvalue weighted by atomic mass is 10.2. The highest BCUT2D eigenvalue weighted by atomic mass is 16.5. The zero-order valence-corrected chi connectivity index (χ0v) is 12.1. The third-order valence-corrected chi connectivity index (χ3v) is 2.76. The van der Waals surface area contributed by atoms with E-state index in [1.54, 1.807) is 31.2 Å². The third-order valence-electron chi connectivity index (χ3n) is 2.76. The molecule has 0 spiro atoms. The van der Waals surface area contributed by atoms with Crippen molar-refractivity contribution in [3.63, 3.8) is 0 Å². The van der Waals surface area contributed by atoms with Crippen molar-refractivity contribution < 1.29 is 14.6 Å². The highest BCUT2D eigenvalue weighted by Gasteiger charge is 2.07. The fraction of sp³-hybridized carbons (Fsp3) is 0.467. The predicted molar refractivity (Wildman–Crippen MR) is 78.8 cm³/mol. The molecule has 0 aromatic heterocycles. The Hall–Kier alpha value is -2.10. The summed E-state index contributed by atoms with van der Waals surface area (Å²) in [6, 6.07) is 8.92. The molecule has 6 heteroatoms. The van der Waals surface area contributed by atoms with Crippen molar-refractivity contribution in [2.45, 2.75) is 19.4 Å². The number of carbonyl (C=O) groups is 1. The molecule has 3 N–H and O–H groups in total. The minimum absolute atomic E-state index is 0.00814. The van der Waals surface area contributed by atoms with Gasteiger partial charge in [0.1, 0.15) is 24.5 Å². The van der Waals surface area contributed by atoms with Gasteiger partial charge in [-0.1, -0.05) is 19.1 Å². The summed E-state index contributed by atoms with van der Waals surface area (Å²) >= 11 is 0. The van der Waals surface area contributed by atoms with E-state index in [-0.39, 0.29) is 12.5 Å². The highest BCUT2D eigenvalue weighted by Crippen LogP contribution is 2.16. The topological polar surface area (TPSA) is 94.4 Å². The monoisotopic (exact) mass is 291 g/mol. The van der Waals surface area contributed by atoms with Gasteiger partial charge in [0.05, 0.1) is 5.56 Å². The Morgan fingerprint density at radius 2 is 2.19 bits per heavy atom. The summed E-state index contributed by atoms with van der Waals surface area (Å²) in [5.41, 5.74) is 0.444. The Kier molecular flexibility index (Phi) is 7.87. The summed E-state index contributed by atoms with van der Waals surface area (Å²) in [5.74, 6) is 0.475. The van der Waals surface area contributed by atoms with Gasteiger partial charge in [0, 0.05) is 26.1 Å². The van der Waals surface area contributed by atoms with E-state index in [0.29, 0.717) is 37.4 Å². The van der Waals surface area contributed by atoms with Gasteiger partial charge in [0.15, 0.2) is 0 Å². The lowest BCUT2D eigenvalue weighted by molar-refractivity contribution is -0.120. The summed E-state index contributed by atoms with van der Waals surface area (Å²) in [7, 11) is 0. The van der Waals surface area contributed by atoms with Gasteiger partial charge in [-0.25, -0.2) is 0 Å². The second-order valence-electron chi connectivity index (χ2n) is 4.48. The Morgan fingerprint density at radius 1 is 1.43 bits per heavy atom. The van der Waals surface area contributed by atoms with Crippen LogP contribution in [0.2, 0.25) is 0 Å². The van der Waals surface area contributed by atoms with Crippen LogP contribution in [0.5, 0.6) is 5.75 Å². The van der Waals surface area contributed by atoms with Gasteiger partial charge < -0.3 is 20.5 Å². The molecule has 1 aromatic rings. The lowest BCUT2D eigenvalue weighted by Gasteiger charge is -2.14. The minimum Gasteiger partial charge on any atom is -0.489 e. The SMILES string of the molecule is CCC(=O)NCCNC[C@@H](O)COc1ccccc1C#N. The number of nitrogens with one attached hydrogen (secondary N) is 2. The maximum atomic E-state index is 11.0. The quantitative estimate of drug-likeness (QED) is 0.573. The van der Waals surface area contributed by atoms with Crippen LogP contribution in [0.1, 0.15) is 18.9 Å². The molecule has 0 saturated heterocycles. The number of benzene rings is 1. The van der Waals surface area contributed by atoms with Crippen molar-refractivity contribution >= 4 is 5.91 Å². The summed E-state index contributed by atoms with van der Waals surface area (Å²) in [6.07, 6.45) is -0.215. The Bertz CT molecular complexity index is 485. The van der Waals surface area contributed by atoms with Gasteiger partial charge in [0.2, 0.25) is 5.91 Å². The van der Waals surface area contributed by atoms with Crippen LogP contribution in [0.4, 0.5) is 0 Å². The molecule has 1 amide bonds. The normalized spacial score (nSPS) is 11.5. The molecule has 0 saturated carbocycles. The van der Waals surface area contributed by atoms with Gasteiger partial charge in [-0.05, 0) is 12.1 Å². The number of para-hydroxylation sites is 1. The Balaban J connectivity index is 2.18. The van der Waals surface area contributed by atoms with Crippen LogP contribution in [0.15, 0.2) is 24.3 Å². The van der Waals surface area contributed by atoms with E-state index in [4.69, 9.17) is 10.00 Å². The number of hydrogen-bond donors (Lipinski definition) is 3. The maximum absolute atomic E-state index is 11.0. The number of amides is 1. The molecule has 1 rings (SSSR count). The number of hydrogen-bond acceptors (Lipinski definition) is 5. The van der Waals surface area contributed by atoms with Gasteiger partial charge in [0.25, 0.3) is 0 Å². The molecule has 0 aliphatic rings. The largest absolute Gasteiger partial charge is 0.489 e. The van der Waals surface area contributed by atoms with Crippen LogP contribution < -0.4 is 15.4 Å². The summed E-state index contributed by atoms with van der Waals surface area (Å²) in [5, 5.41) is 24.4. The molecule has 0 aliphatic heterocycles. The van der Waals surface area contributed by atoms with Gasteiger partial charge in [-0.15, -0.1) is 0 Å². The van der Waals surface area contributed by atoms with Crippen LogP contribution in [-0.4, -0.2) is 43.4 Å². The molecular weight excluding hydrogens is 270 g/mol. The zero-order chi connectivity index (χ0) is 15.5. The van der Waals surface area contributed by atoms with E-state index < -0.39 is 6.10 Å². The number of carbonyl (C=O) groups excluding carboxylic acids is 1. The molecule has 0 heterocycles. The number of aliphatic hydroxyl groups excluding tert-OH is 1. The first-order chi connectivity index (χ1) is 10.2. The minimum atomic E-state index is -0.682.